The highest BCUT2D eigenvalue weighted by Crippen LogP contribution is 2.32. The van der Waals surface area contributed by atoms with Gasteiger partial charge in [0.1, 0.15) is 0 Å². The fraction of sp³-hybridized carbons (Fsp3) is 0.750. The molecule has 0 spiro atoms. The third-order valence-corrected chi connectivity index (χ3v) is 2.85. The molecule has 0 aromatic rings. The molecule has 2 N–H and O–H groups in total. The zero-order valence-electron chi connectivity index (χ0n) is 9.86. The van der Waals surface area contributed by atoms with Crippen LogP contribution in [-0.2, 0) is 4.79 Å². The average molecular weight is 214 g/mol. The van der Waals surface area contributed by atoms with Crippen LogP contribution in [0.15, 0.2) is 12.2 Å². The lowest BCUT2D eigenvalue weighted by molar-refractivity contribution is -0.134. The molecule has 1 aliphatic carbocycles. The van der Waals surface area contributed by atoms with E-state index in [-0.39, 0.29) is 6.10 Å². The average Bonchev–Trinajstić information content (AvgIpc) is 2.08. The minimum absolute atomic E-state index is 0.0922. The summed E-state index contributed by atoms with van der Waals surface area (Å²) in [5.41, 5.74) is 1.23. The van der Waals surface area contributed by atoms with Gasteiger partial charge in [0.15, 0.2) is 0 Å². The lowest BCUT2D eigenvalue weighted by Crippen LogP contribution is -2.27. The lowest BCUT2D eigenvalue weighted by atomic mass is 9.78. The quantitative estimate of drug-likeness (QED) is 0.659. The van der Waals surface area contributed by atoms with Crippen LogP contribution in [0.4, 0.5) is 0 Å². The summed E-state index contributed by atoms with van der Waals surface area (Å²) < 4.78 is 0. The van der Waals surface area contributed by atoms with Crippen molar-refractivity contribution in [2.45, 2.75) is 46.1 Å². The maximum absolute atomic E-state index is 9.56. The van der Waals surface area contributed by atoms with Gasteiger partial charge in [0.25, 0.3) is 5.97 Å². The Morgan fingerprint density at radius 3 is 2.13 bits per heavy atom. The highest BCUT2D eigenvalue weighted by Gasteiger charge is 2.25. The highest BCUT2D eigenvalue weighted by atomic mass is 16.4. The van der Waals surface area contributed by atoms with E-state index in [9.17, 15) is 5.11 Å². The molecular formula is C12H22O3. The van der Waals surface area contributed by atoms with Crippen LogP contribution in [0.5, 0.6) is 0 Å². The van der Waals surface area contributed by atoms with Gasteiger partial charge in [-0.2, -0.15) is 0 Å². The Morgan fingerprint density at radius 1 is 1.33 bits per heavy atom. The number of carboxylic acid groups (broad SMARTS) is 1. The van der Waals surface area contributed by atoms with E-state index < -0.39 is 5.97 Å². The minimum atomic E-state index is -0.833. The van der Waals surface area contributed by atoms with Crippen LogP contribution in [0.25, 0.3) is 0 Å². The minimum Gasteiger partial charge on any atom is -0.481 e. The standard InChI is InChI=1S/C10H18O.C2H4O2/c1-7(2)9-5-4-8(3)10(11)6-9;1-2(3)4/h8-11H,1,4-6H2,2-3H3;1H3,(H,3,4). The Kier molecular flexibility index (Phi) is 6.25. The van der Waals surface area contributed by atoms with Crippen molar-refractivity contribution in [2.24, 2.45) is 11.8 Å². The number of hydrogen-bond donors (Lipinski definition) is 2. The number of carbonyl (C=O) groups is 1. The van der Waals surface area contributed by atoms with Crippen molar-refractivity contribution < 1.29 is 15.0 Å². The maximum Gasteiger partial charge on any atom is 0.300 e. The van der Waals surface area contributed by atoms with Crippen LogP contribution in [0, 0.1) is 11.8 Å². The molecule has 15 heavy (non-hydrogen) atoms. The summed E-state index contributed by atoms with van der Waals surface area (Å²) in [6.45, 7) is 9.20. The first-order valence-electron chi connectivity index (χ1n) is 5.37. The number of allylic oxidation sites excluding steroid dienone is 1. The van der Waals surface area contributed by atoms with Crippen molar-refractivity contribution in [1.82, 2.24) is 0 Å². The van der Waals surface area contributed by atoms with Gasteiger partial charge < -0.3 is 10.2 Å². The molecule has 0 bridgehead atoms. The lowest BCUT2D eigenvalue weighted by Gasteiger charge is -2.31. The van der Waals surface area contributed by atoms with E-state index in [1.165, 1.54) is 12.0 Å². The SMILES string of the molecule is C=C(C)C1CCC(C)C(O)C1.CC(=O)O. The first-order valence-corrected chi connectivity index (χ1v) is 5.37. The molecule has 0 aliphatic heterocycles. The molecule has 0 saturated heterocycles. The zero-order valence-corrected chi connectivity index (χ0v) is 9.86. The fourth-order valence-electron chi connectivity index (χ4n) is 1.75. The number of rotatable bonds is 1. The van der Waals surface area contributed by atoms with Gasteiger partial charge in [0.05, 0.1) is 6.10 Å². The number of aliphatic hydroxyl groups is 1. The summed E-state index contributed by atoms with van der Waals surface area (Å²) in [5.74, 6) is 0.229. The van der Waals surface area contributed by atoms with Gasteiger partial charge in [-0.15, -0.1) is 0 Å². The van der Waals surface area contributed by atoms with Crippen LogP contribution in [0.1, 0.15) is 40.0 Å². The zero-order chi connectivity index (χ0) is 12.0. The molecule has 1 fully saturated rings. The van der Waals surface area contributed by atoms with E-state index in [1.54, 1.807) is 0 Å². The fourth-order valence-corrected chi connectivity index (χ4v) is 1.75. The molecule has 0 radical (unpaired) electrons. The maximum atomic E-state index is 9.56. The predicted molar refractivity (Wildman–Crippen MR) is 60.6 cm³/mol. The van der Waals surface area contributed by atoms with E-state index in [0.717, 1.165) is 19.8 Å². The Labute approximate surface area is 91.8 Å². The summed E-state index contributed by atoms with van der Waals surface area (Å²) in [7, 11) is 0. The van der Waals surface area contributed by atoms with Gasteiger partial charge in [-0.25, -0.2) is 0 Å². The van der Waals surface area contributed by atoms with Crippen LogP contribution in [0.2, 0.25) is 0 Å². The molecule has 0 amide bonds. The molecule has 88 valence electrons. The van der Waals surface area contributed by atoms with Gasteiger partial charge in [-0.3, -0.25) is 4.79 Å². The highest BCUT2D eigenvalue weighted by molar-refractivity contribution is 5.62. The molecule has 1 aliphatic rings. The number of aliphatic carboxylic acids is 1. The molecule has 0 heterocycles. The van der Waals surface area contributed by atoms with Crippen molar-refractivity contribution in [3.8, 4) is 0 Å². The second-order valence-electron chi connectivity index (χ2n) is 4.42. The monoisotopic (exact) mass is 214 g/mol. The second-order valence-corrected chi connectivity index (χ2v) is 4.42. The van der Waals surface area contributed by atoms with Crippen LogP contribution < -0.4 is 0 Å². The molecule has 0 aromatic carbocycles. The Bertz CT molecular complexity index is 219. The molecule has 0 aromatic heterocycles. The molecule has 3 unspecified atom stereocenters. The van der Waals surface area contributed by atoms with Crippen molar-refractivity contribution >= 4 is 5.97 Å². The largest absolute Gasteiger partial charge is 0.481 e. The van der Waals surface area contributed by atoms with E-state index in [0.29, 0.717) is 11.8 Å². The summed E-state index contributed by atoms with van der Waals surface area (Å²) >= 11 is 0. The number of hydrogen-bond acceptors (Lipinski definition) is 2. The summed E-state index contributed by atoms with van der Waals surface area (Å²) in [4.78, 5) is 9.00. The summed E-state index contributed by atoms with van der Waals surface area (Å²) in [5, 5.41) is 17.0. The van der Waals surface area contributed by atoms with Gasteiger partial charge in [-0.05, 0) is 38.0 Å². The summed E-state index contributed by atoms with van der Waals surface area (Å²) in [6, 6.07) is 0. The Hall–Kier alpha value is -0.830. The van der Waals surface area contributed by atoms with Crippen molar-refractivity contribution in [3.63, 3.8) is 0 Å². The van der Waals surface area contributed by atoms with E-state index >= 15 is 0 Å². The van der Waals surface area contributed by atoms with Crippen molar-refractivity contribution in [1.29, 1.82) is 0 Å². The molecule has 3 atom stereocenters. The van der Waals surface area contributed by atoms with Crippen molar-refractivity contribution in [2.75, 3.05) is 0 Å². The van der Waals surface area contributed by atoms with Crippen molar-refractivity contribution in [3.05, 3.63) is 12.2 Å². The number of aliphatic hydroxyl groups excluding tert-OH is 1. The van der Waals surface area contributed by atoms with Gasteiger partial charge in [0.2, 0.25) is 0 Å². The topological polar surface area (TPSA) is 57.5 Å². The van der Waals surface area contributed by atoms with E-state index in [4.69, 9.17) is 9.90 Å². The molecule has 3 heteroatoms. The van der Waals surface area contributed by atoms with E-state index in [1.807, 2.05) is 0 Å². The predicted octanol–water partition coefficient (Wildman–Crippen LogP) is 2.45. The molecule has 1 saturated carbocycles. The Morgan fingerprint density at radius 2 is 1.80 bits per heavy atom. The second kappa shape index (κ2) is 6.62. The third-order valence-electron chi connectivity index (χ3n) is 2.85. The Balaban J connectivity index is 0.000000423. The van der Waals surface area contributed by atoms with Gasteiger partial charge in [-0.1, -0.05) is 19.1 Å². The van der Waals surface area contributed by atoms with Crippen LogP contribution in [0.3, 0.4) is 0 Å². The number of carboxylic acids is 1. The van der Waals surface area contributed by atoms with E-state index in [2.05, 4.69) is 20.4 Å². The van der Waals surface area contributed by atoms with Crippen LogP contribution >= 0.6 is 0 Å². The van der Waals surface area contributed by atoms with Gasteiger partial charge >= 0.3 is 0 Å². The van der Waals surface area contributed by atoms with Gasteiger partial charge in [0, 0.05) is 6.92 Å². The third kappa shape index (κ3) is 6.28. The summed E-state index contributed by atoms with van der Waals surface area (Å²) in [6.07, 6.45) is 3.20. The smallest absolute Gasteiger partial charge is 0.300 e. The molecular weight excluding hydrogens is 192 g/mol. The first kappa shape index (κ1) is 14.2. The van der Waals surface area contributed by atoms with Crippen LogP contribution in [-0.4, -0.2) is 22.3 Å². The normalized spacial score (nSPS) is 30.0. The molecule has 1 rings (SSSR count). The molecule has 3 nitrogen and oxygen atoms in total. The first-order chi connectivity index (χ1) is 6.84.